The Hall–Kier alpha value is -1.25. The molecule has 0 atom stereocenters. The molecule has 0 bridgehead atoms. The molecular weight excluding hydrogens is 198 g/mol. The molecule has 3 nitrogen and oxygen atoms in total. The normalized spacial score (nSPS) is 10.8. The molecule has 0 spiro atoms. The van der Waals surface area contributed by atoms with E-state index in [4.69, 9.17) is 5.73 Å². The lowest BCUT2D eigenvalue weighted by atomic mass is 10.1. The maximum Gasteiger partial charge on any atom is 0.127 e. The Morgan fingerprint density at radius 3 is 2.75 bits per heavy atom. The van der Waals surface area contributed by atoms with Crippen molar-refractivity contribution in [1.29, 1.82) is 0 Å². The Morgan fingerprint density at radius 2 is 2.12 bits per heavy atom. The van der Waals surface area contributed by atoms with Crippen molar-refractivity contribution in [2.45, 2.75) is 40.0 Å². The second kappa shape index (κ2) is 6.36. The minimum Gasteiger partial charge on any atom is -0.398 e. The van der Waals surface area contributed by atoms with Gasteiger partial charge in [0.1, 0.15) is 5.82 Å². The van der Waals surface area contributed by atoms with Crippen molar-refractivity contribution in [3.63, 3.8) is 0 Å². The molecule has 16 heavy (non-hydrogen) atoms. The Balaban J connectivity index is 2.24. The summed E-state index contributed by atoms with van der Waals surface area (Å²) in [6.07, 6.45) is 5.57. The predicted molar refractivity (Wildman–Crippen MR) is 70.6 cm³/mol. The number of nitrogens with two attached hydrogens (primary N) is 1. The molecule has 0 fully saturated rings. The van der Waals surface area contributed by atoms with Crippen LogP contribution in [-0.2, 0) is 0 Å². The maximum absolute atomic E-state index is 5.81. The molecule has 1 heterocycles. The molecule has 0 aromatic carbocycles. The number of anilines is 2. The fourth-order valence-corrected chi connectivity index (χ4v) is 1.53. The number of hydrogen-bond donors (Lipinski definition) is 2. The zero-order valence-corrected chi connectivity index (χ0v) is 10.6. The number of aromatic nitrogens is 1. The minimum absolute atomic E-state index is 0.799. The van der Waals surface area contributed by atoms with E-state index in [9.17, 15) is 0 Å². The van der Waals surface area contributed by atoms with E-state index in [0.717, 1.165) is 29.5 Å². The topological polar surface area (TPSA) is 50.9 Å². The second-order valence-corrected chi connectivity index (χ2v) is 4.74. The van der Waals surface area contributed by atoms with Crippen LogP contribution in [0.25, 0.3) is 0 Å². The van der Waals surface area contributed by atoms with Gasteiger partial charge in [-0.3, -0.25) is 0 Å². The van der Waals surface area contributed by atoms with Crippen LogP contribution in [0.15, 0.2) is 12.3 Å². The van der Waals surface area contributed by atoms with E-state index in [1.807, 2.05) is 19.2 Å². The lowest BCUT2D eigenvalue weighted by Gasteiger charge is -2.08. The first kappa shape index (κ1) is 12.8. The van der Waals surface area contributed by atoms with Gasteiger partial charge in [0, 0.05) is 24.5 Å². The molecule has 0 unspecified atom stereocenters. The molecule has 0 aliphatic carbocycles. The summed E-state index contributed by atoms with van der Waals surface area (Å²) in [5, 5.41) is 3.30. The highest BCUT2D eigenvalue weighted by Crippen LogP contribution is 2.13. The SMILES string of the molecule is Cc1cnc(NCCCCC(C)C)cc1N. The summed E-state index contributed by atoms with van der Waals surface area (Å²) in [5.41, 5.74) is 7.65. The molecule has 0 aliphatic rings. The molecule has 3 heteroatoms. The Morgan fingerprint density at radius 1 is 1.38 bits per heavy atom. The van der Waals surface area contributed by atoms with Gasteiger partial charge in [-0.2, -0.15) is 0 Å². The molecule has 0 radical (unpaired) electrons. The van der Waals surface area contributed by atoms with Gasteiger partial charge in [0.05, 0.1) is 0 Å². The van der Waals surface area contributed by atoms with Crippen molar-refractivity contribution in [2.24, 2.45) is 5.92 Å². The largest absolute Gasteiger partial charge is 0.398 e. The van der Waals surface area contributed by atoms with Crippen molar-refractivity contribution >= 4 is 11.5 Å². The molecule has 0 aliphatic heterocycles. The van der Waals surface area contributed by atoms with Crippen LogP contribution in [0.2, 0.25) is 0 Å². The number of nitrogens with one attached hydrogen (secondary N) is 1. The van der Waals surface area contributed by atoms with Crippen LogP contribution in [0.5, 0.6) is 0 Å². The van der Waals surface area contributed by atoms with Gasteiger partial charge in [-0.25, -0.2) is 4.98 Å². The molecule has 90 valence electrons. The summed E-state index contributed by atoms with van der Waals surface area (Å²) in [4.78, 5) is 4.28. The number of aryl methyl sites for hydroxylation is 1. The number of nitrogen functional groups attached to an aromatic ring is 1. The monoisotopic (exact) mass is 221 g/mol. The zero-order valence-electron chi connectivity index (χ0n) is 10.6. The highest BCUT2D eigenvalue weighted by Gasteiger charge is 1.98. The standard InChI is InChI=1S/C13H23N3/c1-10(2)6-4-5-7-15-13-8-12(14)11(3)9-16-13/h8-10H,4-7H2,1-3H3,(H3,14,15,16). The fraction of sp³-hybridized carbons (Fsp3) is 0.615. The van der Waals surface area contributed by atoms with E-state index < -0.39 is 0 Å². The molecular formula is C13H23N3. The average Bonchev–Trinajstić information content (AvgIpc) is 2.22. The first-order valence-corrected chi connectivity index (χ1v) is 6.05. The number of rotatable bonds is 6. The Bertz CT molecular complexity index is 321. The lowest BCUT2D eigenvalue weighted by Crippen LogP contribution is -2.04. The number of hydrogen-bond acceptors (Lipinski definition) is 3. The van der Waals surface area contributed by atoms with Crippen LogP contribution in [0, 0.1) is 12.8 Å². The minimum atomic E-state index is 0.799. The first-order valence-electron chi connectivity index (χ1n) is 6.05. The molecule has 3 N–H and O–H groups in total. The molecule has 0 amide bonds. The van der Waals surface area contributed by atoms with Crippen molar-refractivity contribution in [2.75, 3.05) is 17.6 Å². The van der Waals surface area contributed by atoms with E-state index in [2.05, 4.69) is 24.1 Å². The van der Waals surface area contributed by atoms with Gasteiger partial charge < -0.3 is 11.1 Å². The van der Waals surface area contributed by atoms with Gasteiger partial charge in [-0.05, 0) is 24.8 Å². The van der Waals surface area contributed by atoms with Crippen LogP contribution >= 0.6 is 0 Å². The average molecular weight is 221 g/mol. The lowest BCUT2D eigenvalue weighted by molar-refractivity contribution is 0.544. The van der Waals surface area contributed by atoms with Gasteiger partial charge in [0.2, 0.25) is 0 Å². The summed E-state index contributed by atoms with van der Waals surface area (Å²) in [6, 6.07) is 1.90. The highest BCUT2D eigenvalue weighted by molar-refractivity contribution is 5.53. The number of nitrogens with zero attached hydrogens (tertiary/aromatic N) is 1. The van der Waals surface area contributed by atoms with Crippen LogP contribution in [-0.4, -0.2) is 11.5 Å². The second-order valence-electron chi connectivity index (χ2n) is 4.74. The van der Waals surface area contributed by atoms with Crippen molar-refractivity contribution in [3.8, 4) is 0 Å². The van der Waals surface area contributed by atoms with E-state index >= 15 is 0 Å². The van der Waals surface area contributed by atoms with Gasteiger partial charge >= 0.3 is 0 Å². The third-order valence-electron chi connectivity index (χ3n) is 2.66. The summed E-state index contributed by atoms with van der Waals surface area (Å²) < 4.78 is 0. The third kappa shape index (κ3) is 4.51. The summed E-state index contributed by atoms with van der Waals surface area (Å²) >= 11 is 0. The Kier molecular flexibility index (Phi) is 5.09. The van der Waals surface area contributed by atoms with Crippen LogP contribution in [0.1, 0.15) is 38.7 Å². The summed E-state index contributed by atoms with van der Waals surface area (Å²) in [5.74, 6) is 1.68. The number of unbranched alkanes of at least 4 members (excludes halogenated alkanes) is 1. The van der Waals surface area contributed by atoms with Crippen LogP contribution in [0.4, 0.5) is 11.5 Å². The molecule has 0 saturated heterocycles. The molecule has 1 rings (SSSR count). The van der Waals surface area contributed by atoms with E-state index in [1.165, 1.54) is 19.3 Å². The fourth-order valence-electron chi connectivity index (χ4n) is 1.53. The Labute approximate surface area is 98.5 Å². The number of pyridine rings is 1. The first-order chi connectivity index (χ1) is 7.59. The molecule has 0 saturated carbocycles. The van der Waals surface area contributed by atoms with Gasteiger partial charge in [-0.15, -0.1) is 0 Å². The van der Waals surface area contributed by atoms with Crippen LogP contribution in [0.3, 0.4) is 0 Å². The predicted octanol–water partition coefficient (Wildman–Crippen LogP) is 3.21. The maximum atomic E-state index is 5.81. The van der Waals surface area contributed by atoms with Crippen LogP contribution < -0.4 is 11.1 Å². The third-order valence-corrected chi connectivity index (χ3v) is 2.66. The van der Waals surface area contributed by atoms with Crippen molar-refractivity contribution in [3.05, 3.63) is 17.8 Å². The quantitative estimate of drug-likeness (QED) is 0.725. The highest BCUT2D eigenvalue weighted by atomic mass is 15.0. The van der Waals surface area contributed by atoms with Crippen molar-refractivity contribution in [1.82, 2.24) is 4.98 Å². The molecule has 1 aromatic heterocycles. The zero-order chi connectivity index (χ0) is 12.0. The molecule has 1 aromatic rings. The van der Waals surface area contributed by atoms with E-state index in [0.29, 0.717) is 0 Å². The summed E-state index contributed by atoms with van der Waals surface area (Å²) in [6.45, 7) is 7.46. The van der Waals surface area contributed by atoms with Gasteiger partial charge in [0.15, 0.2) is 0 Å². The van der Waals surface area contributed by atoms with Gasteiger partial charge in [0.25, 0.3) is 0 Å². The smallest absolute Gasteiger partial charge is 0.127 e. The van der Waals surface area contributed by atoms with E-state index in [-0.39, 0.29) is 0 Å². The summed E-state index contributed by atoms with van der Waals surface area (Å²) in [7, 11) is 0. The van der Waals surface area contributed by atoms with Crippen molar-refractivity contribution < 1.29 is 0 Å². The van der Waals surface area contributed by atoms with E-state index in [1.54, 1.807) is 0 Å². The van der Waals surface area contributed by atoms with Gasteiger partial charge in [-0.1, -0.05) is 26.7 Å².